The number of carbonyl (C=O) groups is 3. The highest BCUT2D eigenvalue weighted by molar-refractivity contribution is 5.71. The van der Waals surface area contributed by atoms with Crippen LogP contribution in [-0.2, 0) is 28.6 Å². The van der Waals surface area contributed by atoms with Crippen LogP contribution in [0.5, 0.6) is 0 Å². The predicted molar refractivity (Wildman–Crippen MR) is 252 cm³/mol. The molecule has 0 aliphatic carbocycles. The molecule has 0 amide bonds. The Hall–Kier alpha value is -1.59. The van der Waals surface area contributed by atoms with Gasteiger partial charge in [-0.3, -0.25) is 14.4 Å². The summed E-state index contributed by atoms with van der Waals surface area (Å²) in [6.07, 6.45) is 52.4. The quantitative estimate of drug-likeness (QED) is 0.0345. The van der Waals surface area contributed by atoms with Gasteiger partial charge >= 0.3 is 17.9 Å². The maximum Gasteiger partial charge on any atom is 0.306 e. The standard InChI is InChI=1S/C53H102O6/c1-4-7-10-13-16-19-22-23-24-25-26-27-28-29-30-31-32-35-37-40-43-46-52(55)58-49-50(59-53(56)47-44-41-38-34-21-18-15-12-9-6-3)48-57-51(54)45-42-39-36-33-20-17-14-11-8-5-2/h50H,4-49H2,1-3H3. The molecule has 0 rings (SSSR count). The van der Waals surface area contributed by atoms with Gasteiger partial charge in [0.15, 0.2) is 6.10 Å². The Morgan fingerprint density at radius 3 is 0.678 bits per heavy atom. The first-order chi connectivity index (χ1) is 29.0. The van der Waals surface area contributed by atoms with Crippen molar-refractivity contribution in [3.05, 3.63) is 0 Å². The molecular weight excluding hydrogens is 733 g/mol. The molecule has 59 heavy (non-hydrogen) atoms. The summed E-state index contributed by atoms with van der Waals surface area (Å²) >= 11 is 0. The topological polar surface area (TPSA) is 78.9 Å². The van der Waals surface area contributed by atoms with E-state index in [1.54, 1.807) is 0 Å². The Bertz CT molecular complexity index is 874. The van der Waals surface area contributed by atoms with Crippen molar-refractivity contribution >= 4 is 17.9 Å². The molecule has 1 atom stereocenters. The zero-order valence-electron chi connectivity index (χ0n) is 40.1. The summed E-state index contributed by atoms with van der Waals surface area (Å²) in [6, 6.07) is 0. The number of rotatable bonds is 49. The van der Waals surface area contributed by atoms with Crippen LogP contribution in [0.4, 0.5) is 0 Å². The summed E-state index contributed by atoms with van der Waals surface area (Å²) < 4.78 is 16.8. The number of ether oxygens (including phenoxy) is 3. The minimum absolute atomic E-state index is 0.0621. The molecule has 0 aliphatic rings. The maximum absolute atomic E-state index is 12.7. The van der Waals surface area contributed by atoms with Crippen molar-refractivity contribution in [2.75, 3.05) is 13.2 Å². The van der Waals surface area contributed by atoms with Crippen LogP contribution in [0.15, 0.2) is 0 Å². The number of hydrogen-bond donors (Lipinski definition) is 0. The minimum atomic E-state index is -0.758. The second-order valence-electron chi connectivity index (χ2n) is 18.2. The average molecular weight is 835 g/mol. The molecule has 0 saturated heterocycles. The van der Waals surface area contributed by atoms with Gasteiger partial charge in [-0.2, -0.15) is 0 Å². The zero-order valence-corrected chi connectivity index (χ0v) is 40.1. The third kappa shape index (κ3) is 47.3. The van der Waals surface area contributed by atoms with Crippen molar-refractivity contribution in [1.29, 1.82) is 0 Å². The van der Waals surface area contributed by atoms with E-state index in [2.05, 4.69) is 20.8 Å². The Labute approximate surface area is 368 Å². The Balaban J connectivity index is 4.14. The van der Waals surface area contributed by atoms with Gasteiger partial charge in [0.1, 0.15) is 13.2 Å². The molecule has 1 unspecified atom stereocenters. The molecule has 0 aromatic rings. The van der Waals surface area contributed by atoms with Gasteiger partial charge in [0, 0.05) is 19.3 Å². The minimum Gasteiger partial charge on any atom is -0.462 e. The molecule has 0 fully saturated rings. The van der Waals surface area contributed by atoms with E-state index < -0.39 is 6.10 Å². The third-order valence-electron chi connectivity index (χ3n) is 12.1. The van der Waals surface area contributed by atoms with Crippen molar-refractivity contribution < 1.29 is 28.6 Å². The normalized spacial score (nSPS) is 11.8. The molecule has 0 heterocycles. The smallest absolute Gasteiger partial charge is 0.306 e. The van der Waals surface area contributed by atoms with E-state index in [1.165, 1.54) is 205 Å². The van der Waals surface area contributed by atoms with E-state index in [0.717, 1.165) is 57.8 Å². The van der Waals surface area contributed by atoms with Crippen LogP contribution in [0, 0.1) is 0 Å². The molecular formula is C53H102O6. The van der Waals surface area contributed by atoms with E-state index in [9.17, 15) is 14.4 Å². The van der Waals surface area contributed by atoms with Crippen molar-refractivity contribution in [2.45, 2.75) is 309 Å². The molecule has 6 nitrogen and oxygen atoms in total. The van der Waals surface area contributed by atoms with E-state index in [0.29, 0.717) is 19.3 Å². The van der Waals surface area contributed by atoms with Crippen LogP contribution in [0.3, 0.4) is 0 Å². The lowest BCUT2D eigenvalue weighted by Crippen LogP contribution is -2.30. The largest absolute Gasteiger partial charge is 0.462 e. The molecule has 6 heteroatoms. The highest BCUT2D eigenvalue weighted by Gasteiger charge is 2.19. The second kappa shape index (κ2) is 49.1. The molecule has 0 saturated carbocycles. The molecule has 350 valence electrons. The van der Waals surface area contributed by atoms with Crippen molar-refractivity contribution in [2.24, 2.45) is 0 Å². The van der Waals surface area contributed by atoms with E-state index >= 15 is 0 Å². The monoisotopic (exact) mass is 835 g/mol. The zero-order chi connectivity index (χ0) is 43.0. The molecule has 0 radical (unpaired) electrons. The Kier molecular flexibility index (Phi) is 47.7. The van der Waals surface area contributed by atoms with Crippen molar-refractivity contribution in [3.8, 4) is 0 Å². The lowest BCUT2D eigenvalue weighted by molar-refractivity contribution is -0.167. The van der Waals surface area contributed by atoms with Crippen LogP contribution >= 0.6 is 0 Å². The van der Waals surface area contributed by atoms with Gasteiger partial charge in [-0.25, -0.2) is 0 Å². The number of carbonyl (C=O) groups excluding carboxylic acids is 3. The van der Waals surface area contributed by atoms with E-state index in [-0.39, 0.29) is 31.1 Å². The van der Waals surface area contributed by atoms with Crippen LogP contribution in [-0.4, -0.2) is 37.2 Å². The predicted octanol–water partition coefficient (Wildman–Crippen LogP) is 17.2. The lowest BCUT2D eigenvalue weighted by atomic mass is 10.0. The molecule has 0 spiro atoms. The summed E-state index contributed by atoms with van der Waals surface area (Å²) in [5.74, 6) is -0.845. The first kappa shape index (κ1) is 57.4. The number of unbranched alkanes of at least 4 members (excludes halogenated alkanes) is 38. The summed E-state index contributed by atoms with van der Waals surface area (Å²) in [7, 11) is 0. The first-order valence-corrected chi connectivity index (χ1v) is 26.5. The Morgan fingerprint density at radius 1 is 0.271 bits per heavy atom. The highest BCUT2D eigenvalue weighted by atomic mass is 16.6. The Morgan fingerprint density at radius 2 is 0.458 bits per heavy atom. The maximum atomic E-state index is 12.7. The summed E-state index contributed by atoms with van der Waals surface area (Å²) in [5.41, 5.74) is 0. The van der Waals surface area contributed by atoms with Gasteiger partial charge in [0.05, 0.1) is 0 Å². The van der Waals surface area contributed by atoms with Crippen LogP contribution in [0.25, 0.3) is 0 Å². The van der Waals surface area contributed by atoms with Crippen LogP contribution < -0.4 is 0 Å². The van der Waals surface area contributed by atoms with Gasteiger partial charge in [-0.15, -0.1) is 0 Å². The van der Waals surface area contributed by atoms with Crippen molar-refractivity contribution in [1.82, 2.24) is 0 Å². The van der Waals surface area contributed by atoms with Crippen LogP contribution in [0.2, 0.25) is 0 Å². The molecule has 0 bridgehead atoms. The van der Waals surface area contributed by atoms with E-state index in [4.69, 9.17) is 14.2 Å². The van der Waals surface area contributed by atoms with Gasteiger partial charge in [0.2, 0.25) is 0 Å². The van der Waals surface area contributed by atoms with E-state index in [1.807, 2.05) is 0 Å². The fraction of sp³-hybridized carbons (Fsp3) is 0.943. The molecule has 0 aromatic heterocycles. The molecule has 0 aromatic carbocycles. The van der Waals surface area contributed by atoms with Gasteiger partial charge in [-0.1, -0.05) is 265 Å². The number of esters is 3. The average Bonchev–Trinajstić information content (AvgIpc) is 3.23. The number of hydrogen-bond acceptors (Lipinski definition) is 6. The van der Waals surface area contributed by atoms with Gasteiger partial charge < -0.3 is 14.2 Å². The fourth-order valence-electron chi connectivity index (χ4n) is 8.09. The SMILES string of the molecule is CCCCCCCCCCCCCCCCCCCCCCCC(=O)OCC(COC(=O)CCCCCCCCCCCC)OC(=O)CCCCCCCCCCCC. The second-order valence-corrected chi connectivity index (χ2v) is 18.2. The van der Waals surface area contributed by atoms with Crippen LogP contribution in [0.1, 0.15) is 303 Å². The lowest BCUT2D eigenvalue weighted by Gasteiger charge is -2.18. The highest BCUT2D eigenvalue weighted by Crippen LogP contribution is 2.17. The summed E-state index contributed by atoms with van der Waals surface area (Å²) in [4.78, 5) is 37.8. The van der Waals surface area contributed by atoms with Gasteiger partial charge in [-0.05, 0) is 19.3 Å². The van der Waals surface area contributed by atoms with Crippen molar-refractivity contribution in [3.63, 3.8) is 0 Å². The summed E-state index contributed by atoms with van der Waals surface area (Å²) in [5, 5.41) is 0. The summed E-state index contributed by atoms with van der Waals surface area (Å²) in [6.45, 7) is 6.66. The van der Waals surface area contributed by atoms with Gasteiger partial charge in [0.25, 0.3) is 0 Å². The molecule has 0 N–H and O–H groups in total. The first-order valence-electron chi connectivity index (χ1n) is 26.5. The third-order valence-corrected chi connectivity index (χ3v) is 12.1. The fourth-order valence-corrected chi connectivity index (χ4v) is 8.09. The molecule has 0 aliphatic heterocycles.